The predicted molar refractivity (Wildman–Crippen MR) is 112 cm³/mol. The van der Waals surface area contributed by atoms with Crippen LogP contribution in [0.4, 0.5) is 5.69 Å². The number of hydrogen-bond acceptors (Lipinski definition) is 4. The van der Waals surface area contributed by atoms with Crippen molar-refractivity contribution in [2.24, 2.45) is 0 Å². The summed E-state index contributed by atoms with van der Waals surface area (Å²) in [6.45, 7) is 3.88. The van der Waals surface area contributed by atoms with Crippen LogP contribution < -0.4 is 15.4 Å². The van der Waals surface area contributed by atoms with Gasteiger partial charge in [-0.3, -0.25) is 14.5 Å². The molecule has 0 spiro atoms. The summed E-state index contributed by atoms with van der Waals surface area (Å²) < 4.78 is 5.14. The Kier molecular flexibility index (Phi) is 7.84. The summed E-state index contributed by atoms with van der Waals surface area (Å²) in [5.74, 6) is 0.132. The predicted octanol–water partition coefficient (Wildman–Crippen LogP) is 3.48. The van der Waals surface area contributed by atoms with Crippen molar-refractivity contribution in [3.8, 4) is 5.75 Å². The number of methoxy groups -OCH3 is 1. The SMILES string of the molecule is COc1ccc(NC(=O)[C@@H](c2ccccc2)N(C)CC(=O)NC(C)C)cc1Cl. The van der Waals surface area contributed by atoms with Crippen LogP contribution in [0, 0.1) is 0 Å². The largest absolute Gasteiger partial charge is 0.495 e. The highest BCUT2D eigenvalue weighted by atomic mass is 35.5. The number of carbonyl (C=O) groups excluding carboxylic acids is 2. The highest BCUT2D eigenvalue weighted by Gasteiger charge is 2.27. The van der Waals surface area contributed by atoms with Crippen LogP contribution in [-0.4, -0.2) is 43.5 Å². The van der Waals surface area contributed by atoms with Crippen molar-refractivity contribution in [3.05, 3.63) is 59.1 Å². The van der Waals surface area contributed by atoms with E-state index < -0.39 is 6.04 Å². The first-order valence-electron chi connectivity index (χ1n) is 9.00. The number of amides is 2. The monoisotopic (exact) mass is 403 g/mol. The van der Waals surface area contributed by atoms with E-state index in [2.05, 4.69) is 10.6 Å². The van der Waals surface area contributed by atoms with E-state index in [0.29, 0.717) is 16.5 Å². The molecule has 2 amide bonds. The molecule has 0 unspecified atom stereocenters. The summed E-state index contributed by atoms with van der Waals surface area (Å²) in [7, 11) is 3.28. The van der Waals surface area contributed by atoms with E-state index in [1.807, 2.05) is 44.2 Å². The summed E-state index contributed by atoms with van der Waals surface area (Å²) >= 11 is 6.15. The lowest BCUT2D eigenvalue weighted by atomic mass is 10.0. The molecule has 0 aliphatic heterocycles. The Morgan fingerprint density at radius 1 is 1.14 bits per heavy atom. The van der Waals surface area contributed by atoms with Crippen LogP contribution in [0.3, 0.4) is 0 Å². The number of hydrogen-bond donors (Lipinski definition) is 2. The van der Waals surface area contributed by atoms with Crippen LogP contribution in [0.15, 0.2) is 48.5 Å². The van der Waals surface area contributed by atoms with E-state index in [-0.39, 0.29) is 24.4 Å². The standard InChI is InChI=1S/C21H26ClN3O3/c1-14(2)23-19(26)13-25(3)20(15-8-6-5-7-9-15)21(27)24-16-10-11-18(28-4)17(22)12-16/h5-12,14,20H,13H2,1-4H3,(H,23,26)(H,24,27)/t20-/m1/s1. The summed E-state index contributed by atoms with van der Waals surface area (Å²) in [6.07, 6.45) is 0. The molecule has 2 aromatic carbocycles. The van der Waals surface area contributed by atoms with Gasteiger partial charge in [-0.05, 0) is 44.7 Å². The van der Waals surface area contributed by atoms with Crippen LogP contribution in [0.2, 0.25) is 5.02 Å². The quantitative estimate of drug-likeness (QED) is 0.707. The van der Waals surface area contributed by atoms with Crippen molar-refractivity contribution in [2.75, 3.05) is 26.0 Å². The maximum atomic E-state index is 13.1. The lowest BCUT2D eigenvalue weighted by molar-refractivity contribution is -0.125. The maximum absolute atomic E-state index is 13.1. The van der Waals surface area contributed by atoms with E-state index in [9.17, 15) is 9.59 Å². The molecular weight excluding hydrogens is 378 g/mol. The summed E-state index contributed by atoms with van der Waals surface area (Å²) in [6, 6.07) is 13.8. The molecule has 0 radical (unpaired) electrons. The Morgan fingerprint density at radius 3 is 2.39 bits per heavy atom. The average Bonchev–Trinajstić information content (AvgIpc) is 2.62. The molecule has 150 valence electrons. The lowest BCUT2D eigenvalue weighted by Crippen LogP contribution is -2.43. The first-order valence-corrected chi connectivity index (χ1v) is 9.38. The fourth-order valence-corrected chi connectivity index (χ4v) is 3.14. The molecule has 2 rings (SSSR count). The third kappa shape index (κ3) is 5.97. The molecule has 0 saturated heterocycles. The molecule has 2 N–H and O–H groups in total. The smallest absolute Gasteiger partial charge is 0.246 e. The third-order valence-corrected chi connectivity index (χ3v) is 4.36. The van der Waals surface area contributed by atoms with Crippen molar-refractivity contribution < 1.29 is 14.3 Å². The first-order chi connectivity index (χ1) is 13.3. The van der Waals surface area contributed by atoms with Gasteiger partial charge in [0.2, 0.25) is 11.8 Å². The molecule has 28 heavy (non-hydrogen) atoms. The van der Waals surface area contributed by atoms with Crippen LogP contribution >= 0.6 is 11.6 Å². The second-order valence-corrected chi connectivity index (χ2v) is 7.20. The second kappa shape index (κ2) is 10.1. The minimum Gasteiger partial charge on any atom is -0.495 e. The summed E-state index contributed by atoms with van der Waals surface area (Å²) in [5, 5.41) is 6.12. The molecule has 1 atom stereocenters. The van der Waals surface area contributed by atoms with Gasteiger partial charge >= 0.3 is 0 Å². The molecule has 0 aromatic heterocycles. The van der Waals surface area contributed by atoms with E-state index in [1.54, 1.807) is 30.1 Å². The number of nitrogens with one attached hydrogen (secondary N) is 2. The number of likely N-dealkylation sites (N-methyl/N-ethyl adjacent to an activating group) is 1. The minimum atomic E-state index is -0.639. The summed E-state index contributed by atoms with van der Waals surface area (Å²) in [5.41, 5.74) is 1.34. The van der Waals surface area contributed by atoms with Gasteiger partial charge in [-0.25, -0.2) is 0 Å². The topological polar surface area (TPSA) is 70.7 Å². The number of anilines is 1. The van der Waals surface area contributed by atoms with E-state index in [4.69, 9.17) is 16.3 Å². The molecule has 0 aliphatic carbocycles. The van der Waals surface area contributed by atoms with Gasteiger partial charge in [-0.15, -0.1) is 0 Å². The Morgan fingerprint density at radius 2 is 1.82 bits per heavy atom. The number of halogens is 1. The average molecular weight is 404 g/mol. The lowest BCUT2D eigenvalue weighted by Gasteiger charge is -2.27. The fourth-order valence-electron chi connectivity index (χ4n) is 2.88. The van der Waals surface area contributed by atoms with Gasteiger partial charge in [0.15, 0.2) is 0 Å². The van der Waals surface area contributed by atoms with Gasteiger partial charge in [0.05, 0.1) is 18.7 Å². The molecular formula is C21H26ClN3O3. The minimum absolute atomic E-state index is 0.0337. The number of rotatable bonds is 8. The Labute approximate surface area is 170 Å². The van der Waals surface area contributed by atoms with Crippen molar-refractivity contribution in [2.45, 2.75) is 25.9 Å². The highest BCUT2D eigenvalue weighted by molar-refractivity contribution is 6.32. The van der Waals surface area contributed by atoms with Gasteiger partial charge in [-0.2, -0.15) is 0 Å². The molecule has 6 nitrogen and oxygen atoms in total. The zero-order valence-electron chi connectivity index (χ0n) is 16.5. The van der Waals surface area contributed by atoms with Crippen LogP contribution in [0.1, 0.15) is 25.5 Å². The zero-order valence-corrected chi connectivity index (χ0v) is 17.3. The maximum Gasteiger partial charge on any atom is 0.246 e. The molecule has 0 heterocycles. The van der Waals surface area contributed by atoms with Gasteiger partial charge in [0.25, 0.3) is 0 Å². The third-order valence-electron chi connectivity index (χ3n) is 4.07. The number of ether oxygens (including phenoxy) is 1. The van der Waals surface area contributed by atoms with Crippen LogP contribution in [0.5, 0.6) is 5.75 Å². The van der Waals surface area contributed by atoms with Crippen molar-refractivity contribution in [1.29, 1.82) is 0 Å². The normalized spacial score (nSPS) is 12.0. The number of carbonyl (C=O) groups is 2. The number of nitrogens with zero attached hydrogens (tertiary/aromatic N) is 1. The molecule has 2 aromatic rings. The second-order valence-electron chi connectivity index (χ2n) is 6.79. The Balaban J connectivity index is 2.22. The van der Waals surface area contributed by atoms with E-state index in [0.717, 1.165) is 5.56 Å². The molecule has 0 fully saturated rings. The van der Waals surface area contributed by atoms with Gasteiger partial charge in [0, 0.05) is 11.7 Å². The van der Waals surface area contributed by atoms with Crippen LogP contribution in [0.25, 0.3) is 0 Å². The fraction of sp³-hybridized carbons (Fsp3) is 0.333. The van der Waals surface area contributed by atoms with Gasteiger partial charge in [0.1, 0.15) is 11.8 Å². The zero-order chi connectivity index (χ0) is 20.7. The van der Waals surface area contributed by atoms with E-state index >= 15 is 0 Å². The van der Waals surface area contributed by atoms with Crippen molar-refractivity contribution >= 4 is 29.1 Å². The van der Waals surface area contributed by atoms with Gasteiger partial charge < -0.3 is 15.4 Å². The van der Waals surface area contributed by atoms with E-state index in [1.165, 1.54) is 7.11 Å². The molecule has 0 saturated carbocycles. The molecule has 7 heteroatoms. The van der Waals surface area contributed by atoms with Crippen molar-refractivity contribution in [1.82, 2.24) is 10.2 Å². The summed E-state index contributed by atoms with van der Waals surface area (Å²) in [4.78, 5) is 27.0. The molecule has 0 bridgehead atoms. The molecule has 0 aliphatic rings. The van der Waals surface area contributed by atoms with Gasteiger partial charge in [-0.1, -0.05) is 41.9 Å². The highest BCUT2D eigenvalue weighted by Crippen LogP contribution is 2.28. The first kappa shape index (κ1) is 21.7. The Hall–Kier alpha value is -2.57. The van der Waals surface area contributed by atoms with Crippen LogP contribution in [-0.2, 0) is 9.59 Å². The Bertz CT molecular complexity index is 812. The number of benzene rings is 2. The van der Waals surface area contributed by atoms with Crippen molar-refractivity contribution in [3.63, 3.8) is 0 Å².